The lowest BCUT2D eigenvalue weighted by atomic mass is 10.1. The first-order chi connectivity index (χ1) is 12.4. The van der Waals surface area contributed by atoms with Gasteiger partial charge in [-0.2, -0.15) is 0 Å². The number of hydrogen-bond donors (Lipinski definition) is 2. The maximum Gasteiger partial charge on any atom is 0.191 e. The summed E-state index contributed by atoms with van der Waals surface area (Å²) in [6.07, 6.45) is 8.26. The van der Waals surface area contributed by atoms with E-state index in [-0.39, 0.29) is 0 Å². The van der Waals surface area contributed by atoms with Crippen LogP contribution in [0.2, 0.25) is 0 Å². The zero-order valence-corrected chi connectivity index (χ0v) is 17.5. The normalized spacial score (nSPS) is 13.5. The van der Waals surface area contributed by atoms with Crippen LogP contribution < -0.4 is 10.6 Å². The van der Waals surface area contributed by atoms with Crippen molar-refractivity contribution in [3.63, 3.8) is 0 Å². The van der Waals surface area contributed by atoms with Gasteiger partial charge in [0.05, 0.1) is 4.90 Å². The third-order valence-electron chi connectivity index (χ3n) is 4.24. The van der Waals surface area contributed by atoms with Crippen molar-refractivity contribution in [1.29, 1.82) is 0 Å². The van der Waals surface area contributed by atoms with Crippen molar-refractivity contribution in [3.05, 3.63) is 29.8 Å². The molecule has 0 amide bonds. The van der Waals surface area contributed by atoms with Crippen molar-refractivity contribution in [2.75, 3.05) is 19.3 Å². The van der Waals surface area contributed by atoms with E-state index < -0.39 is 9.84 Å². The highest BCUT2D eigenvalue weighted by molar-refractivity contribution is 7.90. The van der Waals surface area contributed by atoms with E-state index in [9.17, 15) is 8.42 Å². The first-order valence-corrected chi connectivity index (χ1v) is 11.6. The molecule has 0 saturated carbocycles. The summed E-state index contributed by atoms with van der Waals surface area (Å²) >= 11 is 0. The Balaban J connectivity index is 2.50. The van der Waals surface area contributed by atoms with Gasteiger partial charge in [-0.15, -0.1) is 0 Å². The van der Waals surface area contributed by atoms with Crippen molar-refractivity contribution in [3.8, 4) is 0 Å². The van der Waals surface area contributed by atoms with Gasteiger partial charge in [-0.25, -0.2) is 8.42 Å². The maximum absolute atomic E-state index is 11.5. The van der Waals surface area contributed by atoms with Crippen LogP contribution in [-0.2, 0) is 16.3 Å². The molecule has 26 heavy (non-hydrogen) atoms. The predicted octanol–water partition coefficient (Wildman–Crippen LogP) is 3.55. The molecule has 1 rings (SSSR count). The maximum atomic E-state index is 11.5. The van der Waals surface area contributed by atoms with Crippen LogP contribution in [0.3, 0.4) is 0 Å². The number of guanidine groups is 1. The Labute approximate surface area is 159 Å². The summed E-state index contributed by atoms with van der Waals surface area (Å²) < 4.78 is 23.0. The molecule has 0 aliphatic heterocycles. The molecular formula is C20H35N3O2S. The second-order valence-electron chi connectivity index (χ2n) is 6.82. The Morgan fingerprint density at radius 1 is 1.12 bits per heavy atom. The molecule has 0 saturated heterocycles. The van der Waals surface area contributed by atoms with Crippen LogP contribution in [0.25, 0.3) is 0 Å². The molecule has 0 aliphatic carbocycles. The summed E-state index contributed by atoms with van der Waals surface area (Å²) in [6.45, 7) is 7.98. The largest absolute Gasteiger partial charge is 0.357 e. The Morgan fingerprint density at radius 3 is 2.38 bits per heavy atom. The quantitative estimate of drug-likeness (QED) is 0.349. The SMILES string of the molecule is CCCCCCC(C)NC(=NCCc1ccc(S(C)(=O)=O)cc1)NCC. The third-order valence-corrected chi connectivity index (χ3v) is 5.37. The monoisotopic (exact) mass is 381 g/mol. The number of aliphatic imine (C=N–C) groups is 1. The number of benzene rings is 1. The fourth-order valence-electron chi connectivity index (χ4n) is 2.70. The van der Waals surface area contributed by atoms with E-state index in [0.29, 0.717) is 17.5 Å². The van der Waals surface area contributed by atoms with E-state index in [4.69, 9.17) is 0 Å². The minimum Gasteiger partial charge on any atom is -0.357 e. The standard InChI is InChI=1S/C20H35N3O2S/c1-5-7-8-9-10-17(3)23-20(21-6-2)22-16-15-18-11-13-19(14-12-18)26(4,24)25/h11-14,17H,5-10,15-16H2,1-4H3,(H2,21,22,23). The summed E-state index contributed by atoms with van der Waals surface area (Å²) in [5.41, 5.74) is 1.09. The van der Waals surface area contributed by atoms with Crippen LogP contribution >= 0.6 is 0 Å². The highest BCUT2D eigenvalue weighted by Gasteiger charge is 2.07. The summed E-state index contributed by atoms with van der Waals surface area (Å²) in [6, 6.07) is 7.45. The summed E-state index contributed by atoms with van der Waals surface area (Å²) in [7, 11) is -3.13. The van der Waals surface area contributed by atoms with Crippen LogP contribution in [0.1, 0.15) is 58.4 Å². The van der Waals surface area contributed by atoms with E-state index in [2.05, 4.69) is 36.4 Å². The van der Waals surface area contributed by atoms with Gasteiger partial charge in [0, 0.05) is 25.4 Å². The van der Waals surface area contributed by atoms with Crippen molar-refractivity contribution in [1.82, 2.24) is 10.6 Å². The molecule has 1 aromatic carbocycles. The van der Waals surface area contributed by atoms with Crippen LogP contribution in [0.5, 0.6) is 0 Å². The molecular weight excluding hydrogens is 346 g/mol. The zero-order chi connectivity index (χ0) is 19.4. The summed E-state index contributed by atoms with van der Waals surface area (Å²) in [5, 5.41) is 6.76. The second-order valence-corrected chi connectivity index (χ2v) is 8.84. The van der Waals surface area contributed by atoms with Gasteiger partial charge in [-0.1, -0.05) is 44.7 Å². The minimum atomic E-state index is -3.13. The van der Waals surface area contributed by atoms with Crippen molar-refractivity contribution >= 4 is 15.8 Å². The molecule has 0 aromatic heterocycles. The molecule has 5 nitrogen and oxygen atoms in total. The lowest BCUT2D eigenvalue weighted by Gasteiger charge is -2.17. The van der Waals surface area contributed by atoms with Crippen LogP contribution in [0, 0.1) is 0 Å². The van der Waals surface area contributed by atoms with Gasteiger partial charge >= 0.3 is 0 Å². The Bertz CT molecular complexity index is 640. The molecule has 2 N–H and O–H groups in total. The summed E-state index contributed by atoms with van der Waals surface area (Å²) in [5.74, 6) is 0.850. The van der Waals surface area contributed by atoms with Gasteiger partial charge in [-0.3, -0.25) is 4.99 Å². The highest BCUT2D eigenvalue weighted by Crippen LogP contribution is 2.11. The number of sulfone groups is 1. The average molecular weight is 382 g/mol. The molecule has 1 aromatic rings. The number of nitrogens with one attached hydrogen (secondary N) is 2. The van der Waals surface area contributed by atoms with Gasteiger partial charge in [0.25, 0.3) is 0 Å². The molecule has 0 spiro atoms. The lowest BCUT2D eigenvalue weighted by Crippen LogP contribution is -2.42. The van der Waals surface area contributed by atoms with Crippen LogP contribution in [0.15, 0.2) is 34.2 Å². The van der Waals surface area contributed by atoms with Crippen molar-refractivity contribution in [2.24, 2.45) is 4.99 Å². The number of hydrogen-bond acceptors (Lipinski definition) is 3. The summed E-state index contributed by atoms with van der Waals surface area (Å²) in [4.78, 5) is 5.00. The Kier molecular flexibility index (Phi) is 10.3. The molecule has 0 heterocycles. The van der Waals surface area contributed by atoms with E-state index in [1.165, 1.54) is 31.9 Å². The first-order valence-electron chi connectivity index (χ1n) is 9.70. The Morgan fingerprint density at radius 2 is 1.81 bits per heavy atom. The fraction of sp³-hybridized carbons (Fsp3) is 0.650. The molecule has 0 bridgehead atoms. The van der Waals surface area contributed by atoms with Gasteiger partial charge in [0.15, 0.2) is 15.8 Å². The van der Waals surface area contributed by atoms with Crippen molar-refractivity contribution in [2.45, 2.75) is 70.2 Å². The molecule has 1 unspecified atom stereocenters. The Hall–Kier alpha value is -1.56. The predicted molar refractivity (Wildman–Crippen MR) is 111 cm³/mol. The van der Waals surface area contributed by atoms with E-state index in [1.807, 2.05) is 12.1 Å². The van der Waals surface area contributed by atoms with E-state index in [1.54, 1.807) is 12.1 Å². The average Bonchev–Trinajstić information content (AvgIpc) is 2.58. The lowest BCUT2D eigenvalue weighted by molar-refractivity contribution is 0.537. The van der Waals surface area contributed by atoms with Gasteiger partial charge in [-0.05, 0) is 44.4 Å². The molecule has 0 aliphatic rings. The van der Waals surface area contributed by atoms with Gasteiger partial charge in [0.1, 0.15) is 0 Å². The number of nitrogens with zero attached hydrogens (tertiary/aromatic N) is 1. The van der Waals surface area contributed by atoms with Gasteiger partial charge < -0.3 is 10.6 Å². The van der Waals surface area contributed by atoms with Crippen LogP contribution in [0.4, 0.5) is 0 Å². The van der Waals surface area contributed by atoms with Crippen molar-refractivity contribution < 1.29 is 8.42 Å². The molecule has 0 radical (unpaired) electrons. The number of rotatable bonds is 11. The second kappa shape index (κ2) is 11.9. The molecule has 6 heteroatoms. The first kappa shape index (κ1) is 22.5. The van der Waals surface area contributed by atoms with E-state index in [0.717, 1.165) is 30.9 Å². The molecule has 148 valence electrons. The van der Waals surface area contributed by atoms with Crippen LogP contribution in [-0.4, -0.2) is 39.8 Å². The smallest absolute Gasteiger partial charge is 0.191 e. The topological polar surface area (TPSA) is 70.6 Å². The van der Waals surface area contributed by atoms with E-state index >= 15 is 0 Å². The van der Waals surface area contributed by atoms with Gasteiger partial charge in [0.2, 0.25) is 0 Å². The third kappa shape index (κ3) is 9.22. The zero-order valence-electron chi connectivity index (χ0n) is 16.7. The molecule has 0 fully saturated rings. The minimum absolute atomic E-state index is 0.358. The highest BCUT2D eigenvalue weighted by atomic mass is 32.2. The molecule has 1 atom stereocenters. The fourth-order valence-corrected chi connectivity index (χ4v) is 3.33. The number of unbranched alkanes of at least 4 members (excludes halogenated alkanes) is 3.